The van der Waals surface area contributed by atoms with Gasteiger partial charge in [0, 0.05) is 18.7 Å². The van der Waals surface area contributed by atoms with Crippen molar-refractivity contribution in [3.05, 3.63) is 35.5 Å². The van der Waals surface area contributed by atoms with Crippen molar-refractivity contribution < 1.29 is 14.7 Å². The Hall–Kier alpha value is -2.26. The Morgan fingerprint density at radius 3 is 2.76 bits per heavy atom. The van der Waals surface area contributed by atoms with E-state index in [1.165, 1.54) is 0 Å². The van der Waals surface area contributed by atoms with E-state index in [-0.39, 0.29) is 12.6 Å². The third-order valence-electron chi connectivity index (χ3n) is 5.99. The van der Waals surface area contributed by atoms with Gasteiger partial charge in [-0.15, -0.1) is 5.48 Å². The van der Waals surface area contributed by atoms with Crippen LogP contribution in [-0.2, 0) is 11.3 Å². The summed E-state index contributed by atoms with van der Waals surface area (Å²) in [6, 6.07) is 7.85. The van der Waals surface area contributed by atoms with Crippen molar-refractivity contribution in [3.8, 4) is 17.1 Å². The standard InChI is InChI=1S/C21H27N5O3/c27-13-14-2-1-3-16(12-14)20-23-18-17(15-4-6-22-7-5-15)25-29-19(18)21(24-20)26-8-10-28-11-9-26/h1-3,12,15,17,22,25,27H,4-11,13H2. The van der Waals surface area contributed by atoms with E-state index in [1.54, 1.807) is 0 Å². The van der Waals surface area contributed by atoms with Crippen LogP contribution in [0.3, 0.4) is 0 Å². The summed E-state index contributed by atoms with van der Waals surface area (Å²) in [6.07, 6.45) is 2.18. The molecule has 8 nitrogen and oxygen atoms in total. The molecule has 2 fully saturated rings. The molecule has 0 saturated carbocycles. The molecule has 0 spiro atoms. The summed E-state index contributed by atoms with van der Waals surface area (Å²) in [5, 5.41) is 13.0. The highest BCUT2D eigenvalue weighted by Gasteiger charge is 2.37. The summed E-state index contributed by atoms with van der Waals surface area (Å²) in [4.78, 5) is 18.0. The second-order valence-electron chi connectivity index (χ2n) is 7.83. The first-order valence-corrected chi connectivity index (χ1v) is 10.4. The number of fused-ring (bicyclic) bond motifs is 1. The van der Waals surface area contributed by atoms with Crippen LogP contribution in [0, 0.1) is 5.92 Å². The first-order chi connectivity index (χ1) is 14.3. The van der Waals surface area contributed by atoms with Crippen molar-refractivity contribution in [2.24, 2.45) is 5.92 Å². The van der Waals surface area contributed by atoms with Crippen LogP contribution in [0.5, 0.6) is 5.75 Å². The number of benzene rings is 1. The molecule has 3 aliphatic heterocycles. The fraction of sp³-hybridized carbons (Fsp3) is 0.524. The number of aromatic nitrogens is 2. The summed E-state index contributed by atoms with van der Waals surface area (Å²) >= 11 is 0. The van der Waals surface area contributed by atoms with E-state index in [0.29, 0.717) is 25.0 Å². The second kappa shape index (κ2) is 8.23. The van der Waals surface area contributed by atoms with Crippen molar-refractivity contribution in [3.63, 3.8) is 0 Å². The lowest BCUT2D eigenvalue weighted by molar-refractivity contribution is 0.121. The Balaban J connectivity index is 1.58. The average Bonchev–Trinajstić information content (AvgIpc) is 3.24. The number of aliphatic hydroxyl groups excluding tert-OH is 1. The number of hydrogen-bond acceptors (Lipinski definition) is 8. The molecule has 0 bridgehead atoms. The number of nitrogens with zero attached hydrogens (tertiary/aromatic N) is 3. The van der Waals surface area contributed by atoms with Gasteiger partial charge in [-0.05, 0) is 43.5 Å². The van der Waals surface area contributed by atoms with Gasteiger partial charge in [-0.1, -0.05) is 18.2 Å². The lowest BCUT2D eigenvalue weighted by atomic mass is 9.88. The zero-order valence-electron chi connectivity index (χ0n) is 16.4. The Kier molecular flexibility index (Phi) is 5.32. The maximum atomic E-state index is 9.54. The molecule has 1 atom stereocenters. The molecule has 0 radical (unpaired) electrons. The molecule has 3 aliphatic rings. The molecule has 8 heteroatoms. The summed E-state index contributed by atoms with van der Waals surface area (Å²) in [5.41, 5.74) is 5.94. The van der Waals surface area contributed by atoms with Crippen LogP contribution in [0.2, 0.25) is 0 Å². The molecule has 2 saturated heterocycles. The molecular formula is C21H27N5O3. The Bertz CT molecular complexity index is 865. The monoisotopic (exact) mass is 397 g/mol. The first kappa shape index (κ1) is 18.7. The summed E-state index contributed by atoms with van der Waals surface area (Å²) in [5.74, 6) is 2.72. The van der Waals surface area contributed by atoms with Gasteiger partial charge in [0.25, 0.3) is 0 Å². The lowest BCUT2D eigenvalue weighted by Crippen LogP contribution is -2.37. The largest absolute Gasteiger partial charge is 0.402 e. The van der Waals surface area contributed by atoms with Crippen molar-refractivity contribution >= 4 is 5.82 Å². The number of anilines is 1. The first-order valence-electron chi connectivity index (χ1n) is 10.4. The highest BCUT2D eigenvalue weighted by molar-refractivity contribution is 5.65. The van der Waals surface area contributed by atoms with Crippen molar-refractivity contribution in [1.82, 2.24) is 20.8 Å². The molecule has 1 unspecified atom stereocenters. The van der Waals surface area contributed by atoms with Crippen LogP contribution in [0.1, 0.15) is 30.1 Å². The van der Waals surface area contributed by atoms with Crippen molar-refractivity contribution in [1.29, 1.82) is 0 Å². The zero-order chi connectivity index (χ0) is 19.6. The number of hydrogen-bond donors (Lipinski definition) is 3. The zero-order valence-corrected chi connectivity index (χ0v) is 16.4. The quantitative estimate of drug-likeness (QED) is 0.713. The third-order valence-corrected chi connectivity index (χ3v) is 5.99. The van der Waals surface area contributed by atoms with Crippen LogP contribution in [0.4, 0.5) is 5.82 Å². The van der Waals surface area contributed by atoms with Gasteiger partial charge >= 0.3 is 0 Å². The highest BCUT2D eigenvalue weighted by atomic mass is 16.7. The molecule has 0 amide bonds. The fourth-order valence-electron chi connectivity index (χ4n) is 4.37. The minimum atomic E-state index is -0.00251. The van der Waals surface area contributed by atoms with E-state index < -0.39 is 0 Å². The van der Waals surface area contributed by atoms with Gasteiger partial charge in [-0.25, -0.2) is 9.97 Å². The van der Waals surface area contributed by atoms with E-state index in [0.717, 1.165) is 67.4 Å². The van der Waals surface area contributed by atoms with Crippen LogP contribution in [0.15, 0.2) is 24.3 Å². The van der Waals surface area contributed by atoms with E-state index >= 15 is 0 Å². The molecule has 1 aromatic carbocycles. The Morgan fingerprint density at radius 2 is 1.97 bits per heavy atom. The molecule has 4 heterocycles. The minimum Gasteiger partial charge on any atom is -0.402 e. The lowest BCUT2D eigenvalue weighted by Gasteiger charge is -2.29. The SMILES string of the molecule is OCc1cccc(-c2nc3c(c(N4CCOCC4)n2)ONC3C2CCNCC2)c1. The number of ether oxygens (including phenoxy) is 1. The van der Waals surface area contributed by atoms with E-state index in [1.807, 2.05) is 24.3 Å². The number of rotatable bonds is 4. The van der Waals surface area contributed by atoms with Gasteiger partial charge in [0.15, 0.2) is 11.6 Å². The number of piperidine rings is 1. The summed E-state index contributed by atoms with van der Waals surface area (Å²) in [6.45, 7) is 4.95. The van der Waals surface area contributed by atoms with Crippen LogP contribution in [0.25, 0.3) is 11.4 Å². The number of aliphatic hydroxyl groups is 1. The molecule has 5 rings (SSSR count). The smallest absolute Gasteiger partial charge is 0.212 e. The molecule has 3 N–H and O–H groups in total. The van der Waals surface area contributed by atoms with Crippen LogP contribution >= 0.6 is 0 Å². The van der Waals surface area contributed by atoms with E-state index in [9.17, 15) is 5.11 Å². The predicted octanol–water partition coefficient (Wildman–Crippen LogP) is 1.41. The van der Waals surface area contributed by atoms with Gasteiger partial charge in [-0.3, -0.25) is 0 Å². The Labute approximate surface area is 170 Å². The summed E-state index contributed by atoms with van der Waals surface area (Å²) in [7, 11) is 0. The normalized spacial score (nSPS) is 22.4. The molecule has 2 aromatic rings. The molecule has 1 aromatic heterocycles. The average molecular weight is 397 g/mol. The van der Waals surface area contributed by atoms with Gasteiger partial charge < -0.3 is 24.9 Å². The number of hydroxylamine groups is 1. The van der Waals surface area contributed by atoms with Gasteiger partial charge in [0.05, 0.1) is 25.9 Å². The molecular weight excluding hydrogens is 370 g/mol. The third kappa shape index (κ3) is 3.69. The molecule has 29 heavy (non-hydrogen) atoms. The predicted molar refractivity (Wildman–Crippen MR) is 109 cm³/mol. The number of nitrogens with one attached hydrogen (secondary N) is 2. The van der Waals surface area contributed by atoms with Crippen LogP contribution < -0.4 is 20.5 Å². The number of morpholine rings is 1. The maximum absolute atomic E-state index is 9.54. The van der Waals surface area contributed by atoms with E-state index in [4.69, 9.17) is 19.5 Å². The topological polar surface area (TPSA) is 91.8 Å². The van der Waals surface area contributed by atoms with Gasteiger partial charge in [0.2, 0.25) is 5.75 Å². The fourth-order valence-corrected chi connectivity index (χ4v) is 4.37. The maximum Gasteiger partial charge on any atom is 0.212 e. The molecule has 154 valence electrons. The van der Waals surface area contributed by atoms with Gasteiger partial charge in [0.1, 0.15) is 5.69 Å². The van der Waals surface area contributed by atoms with Crippen LogP contribution in [-0.4, -0.2) is 54.5 Å². The molecule has 0 aliphatic carbocycles. The van der Waals surface area contributed by atoms with Crippen molar-refractivity contribution in [2.75, 3.05) is 44.3 Å². The summed E-state index contributed by atoms with van der Waals surface area (Å²) < 4.78 is 5.53. The minimum absolute atomic E-state index is 0.00251. The van der Waals surface area contributed by atoms with Gasteiger partial charge in [-0.2, -0.15) is 0 Å². The van der Waals surface area contributed by atoms with Crippen molar-refractivity contribution in [2.45, 2.75) is 25.5 Å². The second-order valence-corrected chi connectivity index (χ2v) is 7.83. The Morgan fingerprint density at radius 1 is 1.14 bits per heavy atom. The highest BCUT2D eigenvalue weighted by Crippen LogP contribution is 2.43. The van der Waals surface area contributed by atoms with E-state index in [2.05, 4.69) is 15.7 Å².